The molecule has 1 fully saturated rings. The number of amides is 2. The van der Waals surface area contributed by atoms with E-state index in [0.717, 1.165) is 43.5 Å². The maximum Gasteiger partial charge on any atom is 0.251 e. The second-order valence-corrected chi connectivity index (χ2v) is 8.39. The van der Waals surface area contributed by atoms with Gasteiger partial charge in [0.15, 0.2) is 0 Å². The molecular weight excluding hydrogens is 420 g/mol. The molecule has 2 aliphatic heterocycles. The summed E-state index contributed by atoms with van der Waals surface area (Å²) in [5.41, 5.74) is 2.50. The van der Waals surface area contributed by atoms with E-state index in [1.165, 1.54) is 0 Å². The van der Waals surface area contributed by atoms with Crippen molar-refractivity contribution in [2.24, 2.45) is 5.92 Å². The number of nitrogens with one attached hydrogen (secondary N) is 1. The van der Waals surface area contributed by atoms with Crippen molar-refractivity contribution in [2.45, 2.75) is 58.1 Å². The molecule has 0 aromatic heterocycles. The Bertz CT molecular complexity index is 917. The van der Waals surface area contributed by atoms with Gasteiger partial charge in [0.2, 0.25) is 5.91 Å². The minimum Gasteiger partial charge on any atom is -0.501 e. The van der Waals surface area contributed by atoms with Gasteiger partial charge in [0, 0.05) is 43.6 Å². The smallest absolute Gasteiger partial charge is 0.251 e. The molecule has 2 amide bonds. The maximum absolute atomic E-state index is 13.2. The lowest BCUT2D eigenvalue weighted by molar-refractivity contribution is -0.133. The summed E-state index contributed by atoms with van der Waals surface area (Å²) >= 11 is 0. The van der Waals surface area contributed by atoms with E-state index in [1.54, 1.807) is 26.4 Å². The van der Waals surface area contributed by atoms with Crippen LogP contribution >= 0.6 is 0 Å². The van der Waals surface area contributed by atoms with Crippen LogP contribution in [-0.2, 0) is 20.8 Å². The van der Waals surface area contributed by atoms with Crippen molar-refractivity contribution in [3.63, 3.8) is 0 Å². The molecule has 3 aliphatic rings. The molecule has 0 radical (unpaired) electrons. The molecule has 7 heteroatoms. The zero-order valence-electron chi connectivity index (χ0n) is 20.1. The van der Waals surface area contributed by atoms with Gasteiger partial charge < -0.3 is 24.8 Å². The van der Waals surface area contributed by atoms with Crippen LogP contribution in [0.25, 0.3) is 0 Å². The number of aliphatic hydroxyl groups excluding tert-OH is 1. The van der Waals surface area contributed by atoms with E-state index in [4.69, 9.17) is 9.47 Å². The monoisotopic (exact) mass is 456 g/mol. The van der Waals surface area contributed by atoms with E-state index in [2.05, 4.69) is 5.32 Å². The molecule has 2 N–H and O–H groups in total. The number of hydrogen-bond acceptors (Lipinski definition) is 5. The molecule has 0 bridgehead atoms. The molecule has 1 saturated heterocycles. The topological polar surface area (TPSA) is 88.1 Å². The number of likely N-dealkylation sites (tertiary alicyclic amines) is 1. The number of fused-ring (bicyclic) bond motifs is 1. The van der Waals surface area contributed by atoms with E-state index in [0.29, 0.717) is 23.6 Å². The summed E-state index contributed by atoms with van der Waals surface area (Å²) in [6, 6.07) is 5.69. The van der Waals surface area contributed by atoms with Crippen LogP contribution in [0.5, 0.6) is 0 Å². The molecular formula is C26H36N2O5. The van der Waals surface area contributed by atoms with Crippen molar-refractivity contribution in [1.29, 1.82) is 0 Å². The van der Waals surface area contributed by atoms with Crippen LogP contribution < -0.4 is 5.32 Å². The van der Waals surface area contributed by atoms with Gasteiger partial charge in [-0.05, 0) is 42.5 Å². The van der Waals surface area contributed by atoms with Crippen LogP contribution in [0, 0.1) is 5.92 Å². The first-order valence-electron chi connectivity index (χ1n) is 11.9. The number of ether oxygens (including phenoxy) is 2. The first-order valence-corrected chi connectivity index (χ1v) is 11.9. The molecule has 4 rings (SSSR count). The minimum atomic E-state index is -0.859. The molecule has 1 aliphatic carbocycles. The normalized spacial score (nSPS) is 22.7. The lowest BCUT2D eigenvalue weighted by atomic mass is 9.76. The average Bonchev–Trinajstić information content (AvgIpc) is 3.23. The molecule has 180 valence electrons. The Kier molecular flexibility index (Phi) is 8.55. The minimum absolute atomic E-state index is 0.0784. The van der Waals surface area contributed by atoms with Crippen molar-refractivity contribution in [3.05, 3.63) is 58.6 Å². The molecule has 3 atom stereocenters. The van der Waals surface area contributed by atoms with E-state index in [1.807, 2.05) is 36.9 Å². The molecule has 0 saturated carbocycles. The first-order chi connectivity index (χ1) is 16.0. The van der Waals surface area contributed by atoms with Gasteiger partial charge in [-0.2, -0.15) is 0 Å². The molecule has 2 heterocycles. The number of hydrogen-bond donors (Lipinski definition) is 2. The van der Waals surface area contributed by atoms with Crippen LogP contribution in [0.4, 0.5) is 0 Å². The number of carbonyl (C=O) groups is 2. The zero-order chi connectivity index (χ0) is 24.0. The Balaban J connectivity index is 0.00000149. The van der Waals surface area contributed by atoms with Gasteiger partial charge in [-0.15, -0.1) is 0 Å². The highest BCUT2D eigenvalue weighted by Gasteiger charge is 2.38. The number of aliphatic hydroxyl groups is 1. The highest BCUT2D eigenvalue weighted by molar-refractivity contribution is 5.98. The van der Waals surface area contributed by atoms with Crippen LogP contribution in [0.15, 0.2) is 41.9 Å². The molecule has 0 spiro atoms. The summed E-state index contributed by atoms with van der Waals surface area (Å²) in [6.45, 7) is 6.03. The summed E-state index contributed by atoms with van der Waals surface area (Å²) < 4.78 is 10.9. The van der Waals surface area contributed by atoms with Crippen LogP contribution in [0.3, 0.4) is 0 Å². The second kappa shape index (κ2) is 11.4. The van der Waals surface area contributed by atoms with Crippen molar-refractivity contribution in [1.82, 2.24) is 10.2 Å². The number of piperidine rings is 1. The average molecular weight is 457 g/mol. The van der Waals surface area contributed by atoms with Crippen molar-refractivity contribution >= 4 is 11.8 Å². The Labute approximate surface area is 196 Å². The third-order valence-corrected chi connectivity index (χ3v) is 6.57. The number of nitrogens with zero attached hydrogens (tertiary/aromatic N) is 1. The summed E-state index contributed by atoms with van der Waals surface area (Å²) in [6.07, 6.45) is 6.04. The molecule has 2 unspecified atom stereocenters. The maximum atomic E-state index is 13.2. The van der Waals surface area contributed by atoms with Gasteiger partial charge in [-0.25, -0.2) is 0 Å². The molecule has 33 heavy (non-hydrogen) atoms. The van der Waals surface area contributed by atoms with Crippen LogP contribution in [0.1, 0.15) is 66.9 Å². The number of methoxy groups -OCH3 is 2. The SMILES string of the molecule is CC.COC1=C[C@@H](O)C(C(CC(=O)N2CCCCC2)c2ccc3c(c2)CNC3=O)C(OC)=C1. The summed E-state index contributed by atoms with van der Waals surface area (Å²) in [5, 5.41) is 13.8. The van der Waals surface area contributed by atoms with Gasteiger partial charge in [0.25, 0.3) is 5.91 Å². The Morgan fingerprint density at radius 1 is 1.18 bits per heavy atom. The van der Waals surface area contributed by atoms with Crippen LogP contribution in [-0.4, -0.2) is 55.2 Å². The first kappa shape index (κ1) is 24.8. The summed E-state index contributed by atoms with van der Waals surface area (Å²) in [7, 11) is 3.11. The fourth-order valence-electron chi connectivity index (χ4n) is 4.88. The summed E-state index contributed by atoms with van der Waals surface area (Å²) in [5.74, 6) is 0.393. The number of benzene rings is 1. The standard InChI is InChI=1S/C24H30N2O5.C2H6/c1-30-17-11-20(27)23(21(12-17)31-2)19(13-22(28)26-8-4-3-5-9-26)15-6-7-18-16(10-15)14-25-24(18)29;1-2/h6-7,10-12,19-20,23,27H,3-5,8-9,13-14H2,1-2H3,(H,25,29);1-2H3/t19?,20-,23?;/m1./s1. The van der Waals surface area contributed by atoms with Crippen molar-refractivity contribution in [2.75, 3.05) is 27.3 Å². The number of carbonyl (C=O) groups excluding carboxylic acids is 2. The van der Waals surface area contributed by atoms with Gasteiger partial charge in [-0.1, -0.05) is 26.0 Å². The van der Waals surface area contributed by atoms with Crippen molar-refractivity contribution < 1.29 is 24.2 Å². The largest absolute Gasteiger partial charge is 0.501 e. The summed E-state index contributed by atoms with van der Waals surface area (Å²) in [4.78, 5) is 27.1. The Morgan fingerprint density at radius 3 is 2.58 bits per heavy atom. The number of allylic oxidation sites excluding steroid dienone is 1. The van der Waals surface area contributed by atoms with Gasteiger partial charge in [-0.3, -0.25) is 9.59 Å². The second-order valence-electron chi connectivity index (χ2n) is 8.39. The van der Waals surface area contributed by atoms with Crippen LogP contribution in [0.2, 0.25) is 0 Å². The number of rotatable bonds is 6. The molecule has 1 aromatic rings. The molecule has 7 nitrogen and oxygen atoms in total. The third-order valence-electron chi connectivity index (χ3n) is 6.57. The van der Waals surface area contributed by atoms with E-state index >= 15 is 0 Å². The van der Waals surface area contributed by atoms with E-state index in [9.17, 15) is 14.7 Å². The highest BCUT2D eigenvalue weighted by Crippen LogP contribution is 2.40. The molecule has 1 aromatic carbocycles. The lowest BCUT2D eigenvalue weighted by Gasteiger charge is -2.35. The Morgan fingerprint density at radius 2 is 1.91 bits per heavy atom. The fraction of sp³-hybridized carbons (Fsp3) is 0.538. The van der Waals surface area contributed by atoms with Crippen molar-refractivity contribution in [3.8, 4) is 0 Å². The van der Waals surface area contributed by atoms with E-state index < -0.39 is 12.0 Å². The van der Waals surface area contributed by atoms with E-state index in [-0.39, 0.29) is 24.2 Å². The lowest BCUT2D eigenvalue weighted by Crippen LogP contribution is -2.39. The highest BCUT2D eigenvalue weighted by atomic mass is 16.5. The zero-order valence-corrected chi connectivity index (χ0v) is 20.1. The predicted octanol–water partition coefficient (Wildman–Crippen LogP) is 3.49. The van der Waals surface area contributed by atoms with Gasteiger partial charge in [0.1, 0.15) is 11.5 Å². The van der Waals surface area contributed by atoms with Gasteiger partial charge in [0.05, 0.1) is 26.2 Å². The third kappa shape index (κ3) is 5.41. The quantitative estimate of drug-likeness (QED) is 0.684. The fourth-order valence-corrected chi connectivity index (χ4v) is 4.88. The Hall–Kier alpha value is -2.80. The predicted molar refractivity (Wildman–Crippen MR) is 126 cm³/mol. The van der Waals surface area contributed by atoms with Gasteiger partial charge >= 0.3 is 0 Å².